The van der Waals surface area contributed by atoms with Gasteiger partial charge in [0.25, 0.3) is 0 Å². The van der Waals surface area contributed by atoms with E-state index in [0.29, 0.717) is 12.3 Å². The van der Waals surface area contributed by atoms with Crippen LogP contribution in [0.4, 0.5) is 4.79 Å². The Kier molecular flexibility index (Phi) is 6.53. The van der Waals surface area contributed by atoms with Crippen LogP contribution >= 0.6 is 0 Å². The van der Waals surface area contributed by atoms with Crippen LogP contribution in [0.15, 0.2) is 0 Å². The van der Waals surface area contributed by atoms with Crippen LogP contribution in [0.3, 0.4) is 0 Å². The molecule has 0 aromatic heterocycles. The van der Waals surface area contributed by atoms with Gasteiger partial charge in [0, 0.05) is 6.04 Å². The number of nitrogens with one attached hydrogen (secondary N) is 2. The van der Waals surface area contributed by atoms with E-state index >= 15 is 0 Å². The quantitative estimate of drug-likeness (QED) is 0.634. The first-order valence-corrected chi connectivity index (χ1v) is 5.73. The average Bonchev–Trinajstić information content (AvgIpc) is 2.15. The van der Waals surface area contributed by atoms with Gasteiger partial charge in [0.1, 0.15) is 6.04 Å². The fourth-order valence-corrected chi connectivity index (χ4v) is 1.32. The zero-order valence-corrected chi connectivity index (χ0v) is 10.5. The molecule has 5 heteroatoms. The van der Waals surface area contributed by atoms with Crippen molar-refractivity contribution in [3.05, 3.63) is 0 Å². The Labute approximate surface area is 97.2 Å². The van der Waals surface area contributed by atoms with Crippen molar-refractivity contribution in [2.45, 2.75) is 52.6 Å². The molecular formula is C11H23N3O2. The summed E-state index contributed by atoms with van der Waals surface area (Å²) in [5.74, 6) is 0.154. The normalized spacial score (nSPS) is 14.3. The van der Waals surface area contributed by atoms with Crippen molar-refractivity contribution in [2.24, 2.45) is 11.7 Å². The van der Waals surface area contributed by atoms with Gasteiger partial charge in [-0.2, -0.15) is 0 Å². The Morgan fingerprint density at radius 1 is 1.19 bits per heavy atom. The first-order valence-electron chi connectivity index (χ1n) is 5.73. The highest BCUT2D eigenvalue weighted by molar-refractivity contribution is 5.86. The van der Waals surface area contributed by atoms with Crippen LogP contribution in [-0.2, 0) is 4.79 Å². The highest BCUT2D eigenvalue weighted by Gasteiger charge is 2.21. The lowest BCUT2D eigenvalue weighted by molar-refractivity contribution is -0.123. The largest absolute Gasteiger partial charge is 0.352 e. The summed E-state index contributed by atoms with van der Waals surface area (Å²) >= 11 is 0. The van der Waals surface area contributed by atoms with Crippen molar-refractivity contribution < 1.29 is 9.59 Å². The molecule has 5 nitrogen and oxygen atoms in total. The molecule has 2 atom stereocenters. The Bertz CT molecular complexity index is 241. The van der Waals surface area contributed by atoms with Crippen LogP contribution in [0, 0.1) is 5.92 Å². The lowest BCUT2D eigenvalue weighted by Gasteiger charge is -2.21. The summed E-state index contributed by atoms with van der Waals surface area (Å²) in [7, 11) is 0. The van der Waals surface area contributed by atoms with E-state index in [1.807, 2.05) is 27.7 Å². The predicted molar refractivity (Wildman–Crippen MR) is 63.9 cm³/mol. The molecule has 4 N–H and O–H groups in total. The van der Waals surface area contributed by atoms with Crippen molar-refractivity contribution in [3.63, 3.8) is 0 Å². The van der Waals surface area contributed by atoms with E-state index in [0.717, 1.165) is 6.42 Å². The number of carbonyl (C=O) groups is 2. The summed E-state index contributed by atoms with van der Waals surface area (Å²) in [6, 6.07) is -1.09. The standard InChI is InChI=1S/C11H23N3O2/c1-5-8(4)13-10(15)9(6-7(2)3)14-11(12)16/h7-9H,5-6H2,1-4H3,(H,13,15)(H3,12,14,16)/t8-,9-/m0/s1. The molecule has 0 saturated heterocycles. The van der Waals surface area contributed by atoms with Gasteiger partial charge in [0.2, 0.25) is 5.91 Å². The van der Waals surface area contributed by atoms with Gasteiger partial charge in [-0.25, -0.2) is 4.79 Å². The second-order valence-corrected chi connectivity index (χ2v) is 4.51. The maximum absolute atomic E-state index is 11.8. The zero-order valence-electron chi connectivity index (χ0n) is 10.5. The highest BCUT2D eigenvalue weighted by atomic mass is 16.2. The van der Waals surface area contributed by atoms with Gasteiger partial charge in [-0.1, -0.05) is 20.8 Å². The summed E-state index contributed by atoms with van der Waals surface area (Å²) in [5, 5.41) is 5.30. The first-order chi connectivity index (χ1) is 7.36. The molecule has 0 spiro atoms. The van der Waals surface area contributed by atoms with Crippen molar-refractivity contribution in [1.29, 1.82) is 0 Å². The van der Waals surface area contributed by atoms with Crippen molar-refractivity contribution in [2.75, 3.05) is 0 Å². The Morgan fingerprint density at radius 2 is 1.75 bits per heavy atom. The highest BCUT2D eigenvalue weighted by Crippen LogP contribution is 2.05. The van der Waals surface area contributed by atoms with Crippen LogP contribution in [0.2, 0.25) is 0 Å². The van der Waals surface area contributed by atoms with Gasteiger partial charge in [0.05, 0.1) is 0 Å². The molecule has 16 heavy (non-hydrogen) atoms. The molecule has 0 aromatic rings. The molecule has 0 saturated carbocycles. The van der Waals surface area contributed by atoms with Gasteiger partial charge < -0.3 is 16.4 Å². The van der Waals surface area contributed by atoms with E-state index < -0.39 is 12.1 Å². The summed E-state index contributed by atoms with van der Waals surface area (Å²) in [4.78, 5) is 22.6. The van der Waals surface area contributed by atoms with Crippen LogP contribution in [0.25, 0.3) is 0 Å². The summed E-state index contributed by atoms with van der Waals surface area (Å²) in [6.45, 7) is 7.90. The number of amides is 3. The summed E-state index contributed by atoms with van der Waals surface area (Å²) < 4.78 is 0. The molecule has 0 radical (unpaired) electrons. The molecule has 0 heterocycles. The molecule has 0 aliphatic rings. The van der Waals surface area contributed by atoms with E-state index in [1.165, 1.54) is 0 Å². The number of urea groups is 1. The average molecular weight is 229 g/mol. The van der Waals surface area contributed by atoms with Gasteiger partial charge in [-0.05, 0) is 25.7 Å². The third-order valence-corrected chi connectivity index (χ3v) is 2.34. The lowest BCUT2D eigenvalue weighted by atomic mass is 10.0. The second kappa shape index (κ2) is 7.09. The van der Waals surface area contributed by atoms with E-state index in [4.69, 9.17) is 5.73 Å². The van der Waals surface area contributed by atoms with Crippen molar-refractivity contribution >= 4 is 11.9 Å². The fourth-order valence-electron chi connectivity index (χ4n) is 1.32. The molecule has 0 bridgehead atoms. The maximum Gasteiger partial charge on any atom is 0.312 e. The van der Waals surface area contributed by atoms with Gasteiger partial charge in [-0.15, -0.1) is 0 Å². The molecule has 0 aromatic carbocycles. The number of nitrogens with two attached hydrogens (primary N) is 1. The second-order valence-electron chi connectivity index (χ2n) is 4.51. The Balaban J connectivity index is 4.37. The lowest BCUT2D eigenvalue weighted by Crippen LogP contribution is -2.50. The maximum atomic E-state index is 11.8. The van der Waals surface area contributed by atoms with E-state index in [-0.39, 0.29) is 11.9 Å². The topological polar surface area (TPSA) is 84.2 Å². The Morgan fingerprint density at radius 3 is 2.12 bits per heavy atom. The third kappa shape index (κ3) is 6.27. The van der Waals surface area contributed by atoms with Crippen molar-refractivity contribution in [3.8, 4) is 0 Å². The molecule has 0 rings (SSSR count). The van der Waals surface area contributed by atoms with Crippen LogP contribution < -0.4 is 16.4 Å². The number of rotatable bonds is 6. The minimum Gasteiger partial charge on any atom is -0.352 e. The van der Waals surface area contributed by atoms with Crippen LogP contribution in [0.5, 0.6) is 0 Å². The number of hydrogen-bond acceptors (Lipinski definition) is 2. The summed E-state index contributed by atoms with van der Waals surface area (Å²) in [6.07, 6.45) is 1.45. The molecule has 0 aliphatic carbocycles. The first kappa shape index (κ1) is 14.7. The minimum absolute atomic E-state index is 0.108. The van der Waals surface area contributed by atoms with Gasteiger partial charge in [0.15, 0.2) is 0 Å². The number of hydrogen-bond donors (Lipinski definition) is 3. The van der Waals surface area contributed by atoms with Crippen LogP contribution in [0.1, 0.15) is 40.5 Å². The van der Waals surface area contributed by atoms with E-state index in [9.17, 15) is 9.59 Å². The van der Waals surface area contributed by atoms with Gasteiger partial charge in [-0.3, -0.25) is 4.79 Å². The van der Waals surface area contributed by atoms with Crippen molar-refractivity contribution in [1.82, 2.24) is 10.6 Å². The Hall–Kier alpha value is -1.26. The zero-order chi connectivity index (χ0) is 12.7. The predicted octanol–water partition coefficient (Wildman–Crippen LogP) is 0.984. The SMILES string of the molecule is CC[C@H](C)NC(=O)[C@H](CC(C)C)NC(N)=O. The molecular weight excluding hydrogens is 206 g/mol. The van der Waals surface area contributed by atoms with E-state index in [2.05, 4.69) is 10.6 Å². The molecule has 0 aliphatic heterocycles. The smallest absolute Gasteiger partial charge is 0.312 e. The van der Waals surface area contributed by atoms with E-state index in [1.54, 1.807) is 0 Å². The molecule has 0 fully saturated rings. The molecule has 94 valence electrons. The fraction of sp³-hybridized carbons (Fsp3) is 0.818. The van der Waals surface area contributed by atoms with Gasteiger partial charge >= 0.3 is 6.03 Å². The monoisotopic (exact) mass is 229 g/mol. The number of carbonyl (C=O) groups excluding carboxylic acids is 2. The molecule has 0 unspecified atom stereocenters. The molecule has 3 amide bonds. The third-order valence-electron chi connectivity index (χ3n) is 2.34. The summed E-state index contributed by atoms with van der Waals surface area (Å²) in [5.41, 5.74) is 5.04. The number of primary amides is 1. The van der Waals surface area contributed by atoms with Crippen LogP contribution in [-0.4, -0.2) is 24.0 Å². The minimum atomic E-state index is -0.662.